The Labute approximate surface area is 137 Å². The average molecular weight is 337 g/mol. The highest BCUT2D eigenvalue weighted by Gasteiger charge is 2.40. The first-order valence-corrected chi connectivity index (χ1v) is 7.71. The zero-order valence-electron chi connectivity index (χ0n) is 13.1. The highest BCUT2D eigenvalue weighted by Crippen LogP contribution is 2.40. The predicted octanol–water partition coefficient (Wildman–Crippen LogP) is 3.20. The van der Waals surface area contributed by atoms with Gasteiger partial charge in [0.25, 0.3) is 0 Å². The van der Waals surface area contributed by atoms with E-state index in [-0.39, 0.29) is 12.1 Å². The summed E-state index contributed by atoms with van der Waals surface area (Å²) in [5.74, 6) is 0. The maximum absolute atomic E-state index is 12.7. The number of nitrogens with zero attached hydrogens (tertiary/aromatic N) is 2. The van der Waals surface area contributed by atoms with E-state index >= 15 is 0 Å². The van der Waals surface area contributed by atoms with Crippen molar-refractivity contribution in [2.24, 2.45) is 0 Å². The molecular formula is C17H18F3N3O. The Balaban J connectivity index is 1.88. The molecular weight excluding hydrogens is 319 g/mol. The van der Waals surface area contributed by atoms with Gasteiger partial charge in [-0.05, 0) is 49.1 Å². The molecule has 3 atom stereocenters. The molecule has 0 spiro atoms. The Kier molecular flexibility index (Phi) is 4.31. The molecule has 3 rings (SSSR count). The van der Waals surface area contributed by atoms with Crippen molar-refractivity contribution in [1.82, 2.24) is 15.5 Å². The summed E-state index contributed by atoms with van der Waals surface area (Å²) in [4.78, 5) is 0. The summed E-state index contributed by atoms with van der Waals surface area (Å²) in [7, 11) is 0. The van der Waals surface area contributed by atoms with Crippen LogP contribution in [-0.2, 0) is 11.8 Å². The Morgan fingerprint density at radius 3 is 2.42 bits per heavy atom. The van der Waals surface area contributed by atoms with Gasteiger partial charge in [0.1, 0.15) is 0 Å². The van der Waals surface area contributed by atoms with E-state index in [0.717, 1.165) is 17.7 Å². The minimum atomic E-state index is -4.38. The van der Waals surface area contributed by atoms with Crippen molar-refractivity contribution in [2.45, 2.75) is 43.6 Å². The molecule has 24 heavy (non-hydrogen) atoms. The summed E-state index contributed by atoms with van der Waals surface area (Å²) < 4.78 is 38.2. The van der Waals surface area contributed by atoms with Crippen molar-refractivity contribution < 1.29 is 18.3 Å². The SMILES string of the molecule is CC1CC(O)(c2ccc(C(F)(F)F)cc2)CC(c2ccnnc2)N1. The Hall–Kier alpha value is -1.99. The first-order chi connectivity index (χ1) is 11.3. The highest BCUT2D eigenvalue weighted by molar-refractivity contribution is 5.30. The summed E-state index contributed by atoms with van der Waals surface area (Å²) >= 11 is 0. The zero-order valence-corrected chi connectivity index (χ0v) is 13.1. The number of aliphatic hydroxyl groups is 1. The highest BCUT2D eigenvalue weighted by atomic mass is 19.4. The standard InChI is InChI=1S/C17H18F3N3O/c1-11-8-16(24,9-15(23-11)12-6-7-21-22-10-12)13-2-4-14(5-3-13)17(18,19)20/h2-7,10-11,15,23-24H,8-9H2,1H3. The van der Waals surface area contributed by atoms with Crippen LogP contribution >= 0.6 is 0 Å². The molecule has 0 amide bonds. The Morgan fingerprint density at radius 2 is 1.83 bits per heavy atom. The molecule has 0 bridgehead atoms. The van der Waals surface area contributed by atoms with Gasteiger partial charge in [-0.2, -0.15) is 23.4 Å². The molecule has 1 fully saturated rings. The molecule has 1 saturated heterocycles. The number of piperidine rings is 1. The van der Waals surface area contributed by atoms with Gasteiger partial charge in [-0.25, -0.2) is 0 Å². The van der Waals surface area contributed by atoms with Crippen LogP contribution in [0.1, 0.15) is 42.5 Å². The molecule has 0 saturated carbocycles. The van der Waals surface area contributed by atoms with E-state index in [2.05, 4.69) is 15.5 Å². The first-order valence-electron chi connectivity index (χ1n) is 7.71. The van der Waals surface area contributed by atoms with Crippen LogP contribution in [0.3, 0.4) is 0 Å². The topological polar surface area (TPSA) is 58.0 Å². The van der Waals surface area contributed by atoms with Gasteiger partial charge in [-0.1, -0.05) is 12.1 Å². The molecule has 1 aromatic carbocycles. The van der Waals surface area contributed by atoms with E-state index < -0.39 is 17.3 Å². The minimum Gasteiger partial charge on any atom is -0.385 e. The Bertz CT molecular complexity index is 690. The third kappa shape index (κ3) is 3.42. The summed E-state index contributed by atoms with van der Waals surface area (Å²) in [5, 5.41) is 22.1. The summed E-state index contributed by atoms with van der Waals surface area (Å²) in [5.41, 5.74) is -0.521. The van der Waals surface area contributed by atoms with Crippen LogP contribution in [0.25, 0.3) is 0 Å². The Morgan fingerprint density at radius 1 is 1.12 bits per heavy atom. The van der Waals surface area contributed by atoms with Crippen LogP contribution in [0.5, 0.6) is 0 Å². The van der Waals surface area contributed by atoms with Crippen LogP contribution in [-0.4, -0.2) is 21.3 Å². The zero-order chi connectivity index (χ0) is 17.4. The van der Waals surface area contributed by atoms with Crippen molar-refractivity contribution in [2.75, 3.05) is 0 Å². The van der Waals surface area contributed by atoms with Gasteiger partial charge in [-0.3, -0.25) is 0 Å². The number of rotatable bonds is 2. The largest absolute Gasteiger partial charge is 0.416 e. The van der Waals surface area contributed by atoms with Crippen molar-refractivity contribution in [1.29, 1.82) is 0 Å². The van der Waals surface area contributed by atoms with Gasteiger partial charge < -0.3 is 10.4 Å². The monoisotopic (exact) mass is 337 g/mol. The quantitative estimate of drug-likeness (QED) is 0.884. The van der Waals surface area contributed by atoms with E-state index in [9.17, 15) is 18.3 Å². The molecule has 7 heteroatoms. The maximum Gasteiger partial charge on any atom is 0.416 e. The number of nitrogens with one attached hydrogen (secondary N) is 1. The number of halogens is 3. The van der Waals surface area contributed by atoms with Gasteiger partial charge in [0.05, 0.1) is 17.4 Å². The van der Waals surface area contributed by atoms with Crippen molar-refractivity contribution in [3.63, 3.8) is 0 Å². The number of hydrogen-bond acceptors (Lipinski definition) is 4. The molecule has 2 N–H and O–H groups in total. The lowest BCUT2D eigenvalue weighted by Crippen LogP contribution is -2.46. The number of hydrogen-bond donors (Lipinski definition) is 2. The van der Waals surface area contributed by atoms with E-state index in [1.165, 1.54) is 12.1 Å². The van der Waals surface area contributed by atoms with Crippen LogP contribution < -0.4 is 5.32 Å². The predicted molar refractivity (Wildman–Crippen MR) is 81.9 cm³/mol. The summed E-state index contributed by atoms with van der Waals surface area (Å²) in [6, 6.07) is 6.44. The molecule has 1 aliphatic rings. The lowest BCUT2D eigenvalue weighted by Gasteiger charge is -2.41. The molecule has 1 aromatic heterocycles. The number of alkyl halides is 3. The molecule has 0 aliphatic carbocycles. The minimum absolute atomic E-state index is 0.00390. The van der Waals surface area contributed by atoms with Gasteiger partial charge in [0, 0.05) is 18.3 Å². The van der Waals surface area contributed by atoms with E-state index in [1.54, 1.807) is 12.4 Å². The van der Waals surface area contributed by atoms with Crippen LogP contribution in [0.2, 0.25) is 0 Å². The van der Waals surface area contributed by atoms with Gasteiger partial charge in [-0.15, -0.1) is 0 Å². The van der Waals surface area contributed by atoms with Crippen LogP contribution in [0.4, 0.5) is 13.2 Å². The normalized spacial score (nSPS) is 27.9. The third-order valence-corrected chi connectivity index (χ3v) is 4.43. The molecule has 0 radical (unpaired) electrons. The van der Waals surface area contributed by atoms with E-state index in [1.807, 2.05) is 13.0 Å². The fourth-order valence-electron chi connectivity index (χ4n) is 3.32. The van der Waals surface area contributed by atoms with Gasteiger partial charge in [0.15, 0.2) is 0 Å². The third-order valence-electron chi connectivity index (χ3n) is 4.43. The lowest BCUT2D eigenvalue weighted by atomic mass is 9.77. The van der Waals surface area contributed by atoms with Crippen LogP contribution in [0, 0.1) is 0 Å². The second kappa shape index (κ2) is 6.14. The van der Waals surface area contributed by atoms with E-state index in [4.69, 9.17) is 0 Å². The molecule has 4 nitrogen and oxygen atoms in total. The fraction of sp³-hybridized carbons (Fsp3) is 0.412. The summed E-state index contributed by atoms with van der Waals surface area (Å²) in [6.45, 7) is 1.94. The van der Waals surface area contributed by atoms with Crippen molar-refractivity contribution in [3.05, 3.63) is 59.4 Å². The fourth-order valence-corrected chi connectivity index (χ4v) is 3.32. The summed E-state index contributed by atoms with van der Waals surface area (Å²) in [6.07, 6.45) is -0.397. The number of aromatic nitrogens is 2. The van der Waals surface area contributed by atoms with Crippen LogP contribution in [0.15, 0.2) is 42.7 Å². The molecule has 2 aromatic rings. The van der Waals surface area contributed by atoms with Crippen molar-refractivity contribution >= 4 is 0 Å². The smallest absolute Gasteiger partial charge is 0.385 e. The second-order valence-corrected chi connectivity index (χ2v) is 6.31. The van der Waals surface area contributed by atoms with E-state index in [0.29, 0.717) is 18.4 Å². The average Bonchev–Trinajstić information content (AvgIpc) is 2.54. The van der Waals surface area contributed by atoms with Gasteiger partial charge in [0.2, 0.25) is 0 Å². The lowest BCUT2D eigenvalue weighted by molar-refractivity contribution is -0.137. The number of benzene rings is 1. The molecule has 128 valence electrons. The van der Waals surface area contributed by atoms with Crippen molar-refractivity contribution in [3.8, 4) is 0 Å². The maximum atomic E-state index is 12.7. The van der Waals surface area contributed by atoms with Gasteiger partial charge >= 0.3 is 6.18 Å². The molecule has 2 heterocycles. The first kappa shape index (κ1) is 16.9. The molecule has 1 aliphatic heterocycles. The second-order valence-electron chi connectivity index (χ2n) is 6.31. The molecule has 3 unspecified atom stereocenters.